The Hall–Kier alpha value is -1.20. The number of fused-ring (bicyclic) bond motifs is 1. The van der Waals surface area contributed by atoms with E-state index in [1.54, 1.807) is 6.20 Å². The summed E-state index contributed by atoms with van der Waals surface area (Å²) in [5, 5.41) is 0.192. The molecule has 2 heterocycles. The molecule has 3 N–H and O–H groups in total. The van der Waals surface area contributed by atoms with Crippen LogP contribution in [0.15, 0.2) is 6.20 Å². The molecule has 2 aromatic rings. The number of hydrogen-bond donors (Lipinski definition) is 2. The van der Waals surface area contributed by atoms with Gasteiger partial charge in [0.2, 0.25) is 5.28 Å². The quantitative estimate of drug-likeness (QED) is 0.630. The molecule has 6 heteroatoms. The molecule has 0 aliphatic rings. The summed E-state index contributed by atoms with van der Waals surface area (Å²) in [4.78, 5) is 14.7. The van der Waals surface area contributed by atoms with Crippen molar-refractivity contribution in [2.45, 2.75) is 6.54 Å². The summed E-state index contributed by atoms with van der Waals surface area (Å²) in [6, 6.07) is 0. The Morgan fingerprint density at radius 2 is 2.33 bits per heavy atom. The zero-order chi connectivity index (χ0) is 8.55. The maximum atomic E-state index is 5.56. The molecule has 0 unspecified atom stereocenters. The SMILES string of the molecule is NCc1nc2nc(Cl)ncc2[nH]1. The smallest absolute Gasteiger partial charge is 0.224 e. The van der Waals surface area contributed by atoms with Crippen LogP contribution >= 0.6 is 11.6 Å². The molecule has 0 aromatic carbocycles. The van der Waals surface area contributed by atoms with Gasteiger partial charge in [-0.15, -0.1) is 0 Å². The fourth-order valence-electron chi connectivity index (χ4n) is 0.933. The number of nitrogens with two attached hydrogens (primary N) is 1. The number of halogens is 1. The van der Waals surface area contributed by atoms with Gasteiger partial charge in [-0.2, -0.15) is 4.98 Å². The normalized spacial score (nSPS) is 10.8. The van der Waals surface area contributed by atoms with Gasteiger partial charge in [-0.25, -0.2) is 9.97 Å². The van der Waals surface area contributed by atoms with Gasteiger partial charge < -0.3 is 10.7 Å². The predicted octanol–water partition coefficient (Wildman–Crippen LogP) is 0.465. The minimum atomic E-state index is 0.192. The molecule has 0 amide bonds. The molecule has 2 aromatic heterocycles. The van der Waals surface area contributed by atoms with Crippen molar-refractivity contribution in [1.82, 2.24) is 19.9 Å². The number of nitrogens with one attached hydrogen (secondary N) is 1. The summed E-state index contributed by atoms with van der Waals surface area (Å²) in [5.74, 6) is 0.682. The van der Waals surface area contributed by atoms with Gasteiger partial charge in [0.15, 0.2) is 5.65 Å². The highest BCUT2D eigenvalue weighted by Gasteiger charge is 2.02. The molecular weight excluding hydrogens is 178 g/mol. The fourth-order valence-corrected chi connectivity index (χ4v) is 1.06. The van der Waals surface area contributed by atoms with Crippen LogP contribution in [0, 0.1) is 0 Å². The molecule has 5 nitrogen and oxygen atoms in total. The Labute approximate surface area is 73.0 Å². The second kappa shape index (κ2) is 2.69. The Bertz CT molecular complexity index is 409. The largest absolute Gasteiger partial charge is 0.338 e. The molecule has 0 bridgehead atoms. The lowest BCUT2D eigenvalue weighted by molar-refractivity contribution is 0.956. The van der Waals surface area contributed by atoms with E-state index < -0.39 is 0 Å². The number of aromatic nitrogens is 4. The van der Waals surface area contributed by atoms with E-state index in [0.29, 0.717) is 18.0 Å². The first-order valence-corrected chi connectivity index (χ1v) is 3.74. The van der Waals surface area contributed by atoms with Crippen molar-refractivity contribution in [3.05, 3.63) is 17.3 Å². The van der Waals surface area contributed by atoms with Crippen LogP contribution in [-0.4, -0.2) is 19.9 Å². The van der Waals surface area contributed by atoms with Gasteiger partial charge in [0.05, 0.1) is 12.7 Å². The lowest BCUT2D eigenvalue weighted by Gasteiger charge is -1.85. The Kier molecular flexibility index (Phi) is 1.67. The second-order valence-electron chi connectivity index (χ2n) is 2.26. The third-order valence-corrected chi connectivity index (χ3v) is 1.63. The van der Waals surface area contributed by atoms with Crippen LogP contribution in [0.3, 0.4) is 0 Å². The highest BCUT2D eigenvalue weighted by Crippen LogP contribution is 2.09. The van der Waals surface area contributed by atoms with Crippen molar-refractivity contribution >= 4 is 22.8 Å². The van der Waals surface area contributed by atoms with Gasteiger partial charge in [-0.1, -0.05) is 0 Å². The first-order chi connectivity index (χ1) is 5.79. The lowest BCUT2D eigenvalue weighted by Crippen LogP contribution is -1.97. The molecule has 0 radical (unpaired) electrons. The van der Waals surface area contributed by atoms with Gasteiger partial charge in [-0.05, 0) is 11.6 Å². The third-order valence-electron chi connectivity index (χ3n) is 1.45. The number of rotatable bonds is 1. The Balaban J connectivity index is 2.67. The van der Waals surface area contributed by atoms with Crippen molar-refractivity contribution in [2.24, 2.45) is 5.73 Å². The van der Waals surface area contributed by atoms with E-state index in [1.807, 2.05) is 0 Å². The van der Waals surface area contributed by atoms with Crippen molar-refractivity contribution in [3.8, 4) is 0 Å². The minimum Gasteiger partial charge on any atom is -0.338 e. The third kappa shape index (κ3) is 1.13. The number of H-pyrrole nitrogens is 1. The van der Waals surface area contributed by atoms with Gasteiger partial charge in [-0.3, -0.25) is 0 Å². The summed E-state index contributed by atoms with van der Waals surface area (Å²) in [6.07, 6.45) is 1.58. The first kappa shape index (κ1) is 7.45. The van der Waals surface area contributed by atoms with Gasteiger partial charge >= 0.3 is 0 Å². The highest BCUT2D eigenvalue weighted by molar-refractivity contribution is 6.28. The summed E-state index contributed by atoms with van der Waals surface area (Å²) in [5.41, 5.74) is 6.68. The summed E-state index contributed by atoms with van der Waals surface area (Å²) in [7, 11) is 0. The fraction of sp³-hybridized carbons (Fsp3) is 0.167. The molecule has 0 aliphatic heterocycles. The molecule has 0 saturated heterocycles. The molecule has 2 rings (SSSR count). The topological polar surface area (TPSA) is 80.5 Å². The molecule has 0 spiro atoms. The second-order valence-corrected chi connectivity index (χ2v) is 2.60. The zero-order valence-corrected chi connectivity index (χ0v) is 6.84. The van der Waals surface area contributed by atoms with Crippen LogP contribution in [0.5, 0.6) is 0 Å². The summed E-state index contributed by atoms with van der Waals surface area (Å²) >= 11 is 5.56. The van der Waals surface area contributed by atoms with Crippen molar-refractivity contribution in [3.63, 3.8) is 0 Å². The summed E-state index contributed by atoms with van der Waals surface area (Å²) < 4.78 is 0. The maximum absolute atomic E-state index is 5.56. The molecule has 0 atom stereocenters. The Morgan fingerprint density at radius 3 is 3.08 bits per heavy atom. The van der Waals surface area contributed by atoms with E-state index >= 15 is 0 Å². The maximum Gasteiger partial charge on any atom is 0.224 e. The van der Waals surface area contributed by atoms with Crippen LogP contribution < -0.4 is 5.73 Å². The highest BCUT2D eigenvalue weighted by atomic mass is 35.5. The monoisotopic (exact) mass is 183 g/mol. The van der Waals surface area contributed by atoms with Crippen LogP contribution in [-0.2, 0) is 6.54 Å². The summed E-state index contributed by atoms with van der Waals surface area (Å²) in [6.45, 7) is 0.355. The van der Waals surface area contributed by atoms with E-state index in [0.717, 1.165) is 5.52 Å². The molecular formula is C6H6ClN5. The van der Waals surface area contributed by atoms with E-state index in [4.69, 9.17) is 17.3 Å². The van der Waals surface area contributed by atoms with Crippen molar-refractivity contribution in [1.29, 1.82) is 0 Å². The van der Waals surface area contributed by atoms with E-state index in [-0.39, 0.29) is 5.28 Å². The van der Waals surface area contributed by atoms with Crippen LogP contribution in [0.25, 0.3) is 11.2 Å². The average Bonchev–Trinajstić information content (AvgIpc) is 2.46. The minimum absolute atomic E-state index is 0.192. The van der Waals surface area contributed by atoms with Crippen LogP contribution in [0.1, 0.15) is 5.82 Å². The van der Waals surface area contributed by atoms with Crippen molar-refractivity contribution < 1.29 is 0 Å². The van der Waals surface area contributed by atoms with E-state index in [9.17, 15) is 0 Å². The predicted molar refractivity (Wildman–Crippen MR) is 44.6 cm³/mol. The van der Waals surface area contributed by atoms with Gasteiger partial charge in [0.25, 0.3) is 0 Å². The molecule has 62 valence electrons. The van der Waals surface area contributed by atoms with Gasteiger partial charge in [0, 0.05) is 0 Å². The molecule has 0 fully saturated rings. The average molecular weight is 184 g/mol. The number of nitrogens with zero attached hydrogens (tertiary/aromatic N) is 3. The van der Waals surface area contributed by atoms with Crippen LogP contribution in [0.2, 0.25) is 5.28 Å². The molecule has 0 saturated carbocycles. The number of hydrogen-bond acceptors (Lipinski definition) is 4. The van der Waals surface area contributed by atoms with Crippen LogP contribution in [0.4, 0.5) is 0 Å². The van der Waals surface area contributed by atoms with E-state index in [2.05, 4.69) is 19.9 Å². The number of imidazole rings is 1. The number of aromatic amines is 1. The van der Waals surface area contributed by atoms with E-state index in [1.165, 1.54) is 0 Å². The first-order valence-electron chi connectivity index (χ1n) is 3.37. The zero-order valence-electron chi connectivity index (χ0n) is 6.08. The molecule has 0 aliphatic carbocycles. The lowest BCUT2D eigenvalue weighted by atomic mass is 10.6. The van der Waals surface area contributed by atoms with Gasteiger partial charge in [0.1, 0.15) is 11.3 Å². The molecule has 12 heavy (non-hydrogen) atoms. The standard InChI is InChI=1S/C6H6ClN5/c7-6-9-2-3-5(12-6)11-4(1-8)10-3/h2H,1,8H2,(H,9,10,11,12). The van der Waals surface area contributed by atoms with Crippen molar-refractivity contribution in [2.75, 3.05) is 0 Å². The Morgan fingerprint density at radius 1 is 1.50 bits per heavy atom.